The molecule has 0 saturated carbocycles. The topological polar surface area (TPSA) is 15.3 Å². The number of hydrogen-bond acceptors (Lipinski definition) is 2. The molecule has 0 aromatic heterocycles. The van der Waals surface area contributed by atoms with Crippen LogP contribution in [0.4, 0.5) is 0 Å². The molecule has 0 spiro atoms. The van der Waals surface area contributed by atoms with Gasteiger partial charge in [-0.2, -0.15) is 0 Å². The summed E-state index contributed by atoms with van der Waals surface area (Å²) < 4.78 is 0. The molecule has 2 nitrogen and oxygen atoms in total. The SMILES string of the molecule is CC(C)Cc1ccc(C(C)N2C[C@@H]3CCCN[C@@H]3C2)cc1. The molecule has 3 atom stereocenters. The smallest absolute Gasteiger partial charge is 0.0320 e. The first-order valence-electron chi connectivity index (χ1n) is 8.69. The van der Waals surface area contributed by atoms with Crippen molar-refractivity contribution in [3.63, 3.8) is 0 Å². The Morgan fingerprint density at radius 1 is 1.14 bits per heavy atom. The summed E-state index contributed by atoms with van der Waals surface area (Å²) in [5.74, 6) is 1.61. The van der Waals surface area contributed by atoms with Crippen molar-refractivity contribution in [1.29, 1.82) is 0 Å². The lowest BCUT2D eigenvalue weighted by atomic mass is 9.94. The predicted octanol–water partition coefficient (Wildman–Crippen LogP) is 3.63. The van der Waals surface area contributed by atoms with E-state index >= 15 is 0 Å². The molecular formula is C19H30N2. The lowest BCUT2D eigenvalue weighted by Crippen LogP contribution is -2.40. The summed E-state index contributed by atoms with van der Waals surface area (Å²) in [6.45, 7) is 10.7. The second-order valence-electron chi connectivity index (χ2n) is 7.43. The first-order chi connectivity index (χ1) is 10.1. The average molecular weight is 286 g/mol. The van der Waals surface area contributed by atoms with Crippen molar-refractivity contribution in [3.05, 3.63) is 35.4 Å². The Morgan fingerprint density at radius 2 is 1.90 bits per heavy atom. The molecule has 1 aromatic carbocycles. The van der Waals surface area contributed by atoms with Crippen LogP contribution in [-0.2, 0) is 6.42 Å². The Hall–Kier alpha value is -0.860. The number of fused-ring (bicyclic) bond motifs is 1. The van der Waals surface area contributed by atoms with E-state index in [1.165, 1.54) is 50.0 Å². The number of likely N-dealkylation sites (tertiary alicyclic amines) is 1. The Bertz CT molecular complexity index is 437. The predicted molar refractivity (Wildman–Crippen MR) is 89.5 cm³/mol. The second kappa shape index (κ2) is 6.50. The van der Waals surface area contributed by atoms with Crippen LogP contribution in [0.5, 0.6) is 0 Å². The summed E-state index contributed by atoms with van der Waals surface area (Å²) in [5.41, 5.74) is 2.94. The highest BCUT2D eigenvalue weighted by Gasteiger charge is 2.36. The molecule has 2 aliphatic rings. The summed E-state index contributed by atoms with van der Waals surface area (Å²) >= 11 is 0. The summed E-state index contributed by atoms with van der Waals surface area (Å²) in [5, 5.41) is 3.71. The van der Waals surface area contributed by atoms with E-state index in [9.17, 15) is 0 Å². The molecule has 0 bridgehead atoms. The fraction of sp³-hybridized carbons (Fsp3) is 0.684. The molecule has 3 rings (SSSR count). The van der Waals surface area contributed by atoms with Crippen molar-refractivity contribution >= 4 is 0 Å². The van der Waals surface area contributed by atoms with Gasteiger partial charge in [0.2, 0.25) is 0 Å². The van der Waals surface area contributed by atoms with E-state index in [1.807, 2.05) is 0 Å². The quantitative estimate of drug-likeness (QED) is 0.909. The Labute approximate surface area is 129 Å². The number of nitrogens with zero attached hydrogens (tertiary/aromatic N) is 1. The van der Waals surface area contributed by atoms with E-state index in [4.69, 9.17) is 0 Å². The number of piperidine rings is 1. The van der Waals surface area contributed by atoms with Gasteiger partial charge in [-0.15, -0.1) is 0 Å². The van der Waals surface area contributed by atoms with E-state index in [1.54, 1.807) is 0 Å². The van der Waals surface area contributed by atoms with E-state index in [-0.39, 0.29) is 0 Å². The molecule has 1 N–H and O–H groups in total. The highest BCUT2D eigenvalue weighted by Crippen LogP contribution is 2.31. The van der Waals surface area contributed by atoms with Crippen molar-refractivity contribution in [3.8, 4) is 0 Å². The van der Waals surface area contributed by atoms with Crippen LogP contribution in [-0.4, -0.2) is 30.6 Å². The highest BCUT2D eigenvalue weighted by molar-refractivity contribution is 5.25. The standard InChI is InChI=1S/C19H30N2/c1-14(2)11-16-6-8-17(9-7-16)15(3)21-12-18-5-4-10-20-19(18)13-21/h6-9,14-15,18-20H,4-5,10-13H2,1-3H3/t15?,18-,19+/m0/s1. The molecule has 0 amide bonds. The molecule has 2 fully saturated rings. The summed E-state index contributed by atoms with van der Waals surface area (Å²) in [7, 11) is 0. The fourth-order valence-electron chi connectivity index (χ4n) is 4.01. The zero-order chi connectivity index (χ0) is 14.8. The summed E-state index contributed by atoms with van der Waals surface area (Å²) in [6, 6.07) is 10.6. The van der Waals surface area contributed by atoms with Crippen LogP contribution in [0.25, 0.3) is 0 Å². The zero-order valence-electron chi connectivity index (χ0n) is 13.8. The van der Waals surface area contributed by atoms with Crippen molar-refractivity contribution in [1.82, 2.24) is 10.2 Å². The maximum absolute atomic E-state index is 3.71. The van der Waals surface area contributed by atoms with Gasteiger partial charge in [-0.3, -0.25) is 4.90 Å². The molecule has 116 valence electrons. The number of nitrogens with one attached hydrogen (secondary N) is 1. The molecule has 0 aliphatic carbocycles. The van der Waals surface area contributed by atoms with Gasteiger partial charge in [-0.1, -0.05) is 38.1 Å². The average Bonchev–Trinajstić information content (AvgIpc) is 2.90. The second-order valence-corrected chi connectivity index (χ2v) is 7.43. The molecule has 0 radical (unpaired) electrons. The lowest BCUT2D eigenvalue weighted by molar-refractivity contribution is 0.251. The first-order valence-corrected chi connectivity index (χ1v) is 8.69. The van der Waals surface area contributed by atoms with Crippen LogP contribution in [0.2, 0.25) is 0 Å². The van der Waals surface area contributed by atoms with Crippen molar-refractivity contribution in [2.45, 2.75) is 52.1 Å². The molecule has 2 aliphatic heterocycles. The highest BCUT2D eigenvalue weighted by atomic mass is 15.2. The molecule has 21 heavy (non-hydrogen) atoms. The van der Waals surface area contributed by atoms with Gasteiger partial charge >= 0.3 is 0 Å². The normalized spacial score (nSPS) is 27.8. The van der Waals surface area contributed by atoms with Crippen molar-refractivity contribution in [2.75, 3.05) is 19.6 Å². The third-order valence-corrected chi connectivity index (χ3v) is 5.28. The van der Waals surface area contributed by atoms with E-state index < -0.39 is 0 Å². The Balaban J connectivity index is 1.63. The van der Waals surface area contributed by atoms with Crippen molar-refractivity contribution < 1.29 is 0 Å². The third-order valence-electron chi connectivity index (χ3n) is 5.28. The van der Waals surface area contributed by atoms with Gasteiger partial charge in [0, 0.05) is 25.2 Å². The van der Waals surface area contributed by atoms with Gasteiger partial charge < -0.3 is 5.32 Å². The summed E-state index contributed by atoms with van der Waals surface area (Å²) in [6.07, 6.45) is 3.95. The summed E-state index contributed by atoms with van der Waals surface area (Å²) in [4.78, 5) is 2.67. The maximum atomic E-state index is 3.71. The first kappa shape index (κ1) is 15.1. The van der Waals surface area contributed by atoms with E-state index in [2.05, 4.69) is 55.3 Å². The molecule has 2 saturated heterocycles. The van der Waals surface area contributed by atoms with Gasteiger partial charge in [-0.05, 0) is 55.7 Å². The minimum Gasteiger partial charge on any atom is -0.312 e. The van der Waals surface area contributed by atoms with Crippen LogP contribution in [0.3, 0.4) is 0 Å². The molecular weight excluding hydrogens is 256 g/mol. The fourth-order valence-corrected chi connectivity index (χ4v) is 4.01. The molecule has 1 aromatic rings. The van der Waals surface area contributed by atoms with Gasteiger partial charge in [-0.25, -0.2) is 0 Å². The van der Waals surface area contributed by atoms with Crippen LogP contribution in [0.1, 0.15) is 50.8 Å². The van der Waals surface area contributed by atoms with Gasteiger partial charge in [0.1, 0.15) is 0 Å². The maximum Gasteiger partial charge on any atom is 0.0320 e. The molecule has 2 heterocycles. The molecule has 2 heteroatoms. The van der Waals surface area contributed by atoms with Gasteiger partial charge in [0.15, 0.2) is 0 Å². The Morgan fingerprint density at radius 3 is 2.57 bits per heavy atom. The number of rotatable bonds is 4. The minimum atomic E-state index is 0.547. The minimum absolute atomic E-state index is 0.547. The zero-order valence-corrected chi connectivity index (χ0v) is 13.8. The molecule has 1 unspecified atom stereocenters. The lowest BCUT2D eigenvalue weighted by Gasteiger charge is -2.25. The van der Waals surface area contributed by atoms with Gasteiger partial charge in [0.05, 0.1) is 0 Å². The van der Waals surface area contributed by atoms with Gasteiger partial charge in [0.25, 0.3) is 0 Å². The van der Waals surface area contributed by atoms with Crippen LogP contribution < -0.4 is 5.32 Å². The van der Waals surface area contributed by atoms with E-state index in [0.29, 0.717) is 6.04 Å². The van der Waals surface area contributed by atoms with E-state index in [0.717, 1.165) is 17.9 Å². The monoisotopic (exact) mass is 286 g/mol. The van der Waals surface area contributed by atoms with Crippen LogP contribution >= 0.6 is 0 Å². The van der Waals surface area contributed by atoms with Crippen molar-refractivity contribution in [2.24, 2.45) is 11.8 Å². The third kappa shape index (κ3) is 3.49. The van der Waals surface area contributed by atoms with Crippen LogP contribution in [0.15, 0.2) is 24.3 Å². The van der Waals surface area contributed by atoms with Crippen LogP contribution in [0, 0.1) is 11.8 Å². The Kier molecular flexibility index (Phi) is 4.66. The number of hydrogen-bond donors (Lipinski definition) is 1. The number of benzene rings is 1. The largest absolute Gasteiger partial charge is 0.312 e.